The van der Waals surface area contributed by atoms with Crippen LogP contribution in [0.5, 0.6) is 5.75 Å². The molecule has 0 spiro atoms. The number of fused-ring (bicyclic) bond motifs is 1. The number of quaternary nitrogens is 1. The maximum absolute atomic E-state index is 13.0. The Kier molecular flexibility index (Phi) is 2.65. The molecule has 0 radical (unpaired) electrons. The first-order chi connectivity index (χ1) is 9.60. The Morgan fingerprint density at radius 3 is 2.95 bits per heavy atom. The van der Waals surface area contributed by atoms with Crippen LogP contribution < -0.4 is 4.74 Å². The number of pyridine rings is 1. The van der Waals surface area contributed by atoms with Crippen molar-refractivity contribution in [2.75, 3.05) is 0 Å². The summed E-state index contributed by atoms with van der Waals surface area (Å²) in [7, 11) is 0. The van der Waals surface area contributed by atoms with Crippen LogP contribution in [0.25, 0.3) is 0 Å². The number of rotatable bonds is 2. The standard InChI is InChI=1S/C12H7FN4O3/c13-8-3-11(6-14-4-8)20-10-2-1-9-5-15-16-17(9,7-10)12(18)19/h1-7H/p+1. The van der Waals surface area contributed by atoms with Gasteiger partial charge in [0.25, 0.3) is 0 Å². The number of ether oxygens (including phenoxy) is 1. The van der Waals surface area contributed by atoms with E-state index in [2.05, 4.69) is 15.3 Å². The van der Waals surface area contributed by atoms with Gasteiger partial charge in [-0.15, -0.1) is 5.11 Å². The number of aromatic nitrogens is 1. The van der Waals surface area contributed by atoms with Crippen molar-refractivity contribution in [3.05, 3.63) is 60.3 Å². The molecule has 0 fully saturated rings. The molecule has 2 aliphatic heterocycles. The lowest BCUT2D eigenvalue weighted by Crippen LogP contribution is -2.40. The van der Waals surface area contributed by atoms with Crippen molar-refractivity contribution < 1.29 is 23.6 Å². The first kappa shape index (κ1) is 12.2. The summed E-state index contributed by atoms with van der Waals surface area (Å²) in [6.07, 6.45) is 6.82. The highest BCUT2D eigenvalue weighted by atomic mass is 19.1. The largest absolute Gasteiger partial charge is 0.552 e. The number of carbonyl (C=O) groups is 1. The molecule has 0 aromatic carbocycles. The Morgan fingerprint density at radius 2 is 2.20 bits per heavy atom. The molecular formula is C12H8FN4O3+. The average Bonchev–Trinajstić information content (AvgIpc) is 2.83. The maximum Gasteiger partial charge on any atom is 0.552 e. The minimum absolute atomic E-state index is 0.160. The fourth-order valence-corrected chi connectivity index (χ4v) is 1.81. The van der Waals surface area contributed by atoms with E-state index in [9.17, 15) is 14.3 Å². The second-order valence-electron chi connectivity index (χ2n) is 4.03. The van der Waals surface area contributed by atoms with Crippen LogP contribution in [0.3, 0.4) is 0 Å². The zero-order valence-electron chi connectivity index (χ0n) is 9.97. The van der Waals surface area contributed by atoms with Crippen molar-refractivity contribution >= 4 is 6.09 Å². The van der Waals surface area contributed by atoms with Crippen molar-refractivity contribution in [1.29, 1.82) is 0 Å². The quantitative estimate of drug-likeness (QED) is 0.841. The first-order valence-corrected chi connectivity index (χ1v) is 5.55. The van der Waals surface area contributed by atoms with Crippen molar-refractivity contribution in [2.45, 2.75) is 0 Å². The summed E-state index contributed by atoms with van der Waals surface area (Å²) in [6.45, 7) is 0. The minimum atomic E-state index is -1.22. The predicted molar refractivity (Wildman–Crippen MR) is 63.3 cm³/mol. The number of amides is 1. The lowest BCUT2D eigenvalue weighted by Gasteiger charge is -2.20. The van der Waals surface area contributed by atoms with E-state index < -0.39 is 16.5 Å². The van der Waals surface area contributed by atoms with Crippen LogP contribution in [0.15, 0.2) is 64.8 Å². The molecule has 1 aromatic heterocycles. The summed E-state index contributed by atoms with van der Waals surface area (Å²) in [5.74, 6) is -0.183. The van der Waals surface area contributed by atoms with E-state index in [-0.39, 0.29) is 11.5 Å². The summed E-state index contributed by atoms with van der Waals surface area (Å²) in [5.41, 5.74) is 0.377. The average molecular weight is 275 g/mol. The highest BCUT2D eigenvalue weighted by Crippen LogP contribution is 2.33. The molecule has 0 bridgehead atoms. The van der Waals surface area contributed by atoms with Gasteiger partial charge in [-0.2, -0.15) is 4.79 Å². The Balaban J connectivity index is 1.94. The third-order valence-corrected chi connectivity index (χ3v) is 2.72. The highest BCUT2D eigenvalue weighted by molar-refractivity contribution is 5.61. The van der Waals surface area contributed by atoms with Gasteiger partial charge in [0.15, 0.2) is 17.7 Å². The minimum Gasteiger partial charge on any atom is -0.450 e. The monoisotopic (exact) mass is 275 g/mol. The molecule has 0 saturated heterocycles. The van der Waals surface area contributed by atoms with E-state index in [0.717, 1.165) is 12.3 Å². The number of hydrogen-bond donors (Lipinski definition) is 1. The molecule has 1 unspecified atom stereocenters. The summed E-state index contributed by atoms with van der Waals surface area (Å²) in [5, 5.41) is 16.6. The van der Waals surface area contributed by atoms with Crippen molar-refractivity contribution in [2.24, 2.45) is 10.3 Å². The number of halogens is 1. The molecule has 0 aliphatic carbocycles. The molecule has 8 heteroatoms. The molecule has 20 heavy (non-hydrogen) atoms. The summed E-state index contributed by atoms with van der Waals surface area (Å²) in [4.78, 5) is 15.0. The zero-order chi connectivity index (χ0) is 14.2. The van der Waals surface area contributed by atoms with Crippen LogP contribution in [0.1, 0.15) is 0 Å². The van der Waals surface area contributed by atoms with E-state index >= 15 is 0 Å². The Hall–Kier alpha value is -2.87. The van der Waals surface area contributed by atoms with Gasteiger partial charge < -0.3 is 9.84 Å². The SMILES string of the molecule is O=C(O)[N+]12C=C(Oc3cncc(F)c3)C=CC1=CN=N2. The van der Waals surface area contributed by atoms with Gasteiger partial charge in [0.2, 0.25) is 0 Å². The molecule has 1 N–H and O–H groups in total. The van der Waals surface area contributed by atoms with Crippen molar-refractivity contribution in [1.82, 2.24) is 4.98 Å². The first-order valence-electron chi connectivity index (χ1n) is 5.55. The molecule has 0 saturated carbocycles. The normalized spacial score (nSPS) is 23.1. The van der Waals surface area contributed by atoms with Crippen LogP contribution in [-0.2, 0) is 0 Å². The molecule has 1 amide bonds. The Labute approximate surface area is 112 Å². The smallest absolute Gasteiger partial charge is 0.450 e. The van der Waals surface area contributed by atoms with Gasteiger partial charge in [-0.25, -0.2) is 4.39 Å². The van der Waals surface area contributed by atoms with E-state index in [0.29, 0.717) is 5.70 Å². The van der Waals surface area contributed by atoms with Gasteiger partial charge in [-0.3, -0.25) is 4.98 Å². The van der Waals surface area contributed by atoms with Crippen LogP contribution in [0.2, 0.25) is 0 Å². The van der Waals surface area contributed by atoms with Crippen molar-refractivity contribution in [3.8, 4) is 5.75 Å². The second kappa shape index (κ2) is 4.35. The fourth-order valence-electron chi connectivity index (χ4n) is 1.81. The number of nitrogens with zero attached hydrogens (tertiary/aromatic N) is 4. The summed E-state index contributed by atoms with van der Waals surface area (Å²) in [6, 6.07) is 1.14. The number of allylic oxidation sites excluding steroid dienone is 2. The second-order valence-corrected chi connectivity index (χ2v) is 4.03. The van der Waals surface area contributed by atoms with Gasteiger partial charge in [-0.1, -0.05) is 0 Å². The van der Waals surface area contributed by atoms with Gasteiger partial charge in [0.05, 0.1) is 17.6 Å². The highest BCUT2D eigenvalue weighted by Gasteiger charge is 2.46. The van der Waals surface area contributed by atoms with Crippen LogP contribution >= 0.6 is 0 Å². The third kappa shape index (κ3) is 1.88. The van der Waals surface area contributed by atoms with E-state index in [4.69, 9.17) is 4.74 Å². The Bertz CT molecular complexity index is 710. The summed E-state index contributed by atoms with van der Waals surface area (Å²) >= 11 is 0. The van der Waals surface area contributed by atoms with E-state index in [1.807, 2.05) is 0 Å². The molecule has 1 atom stereocenters. The van der Waals surface area contributed by atoms with Crippen molar-refractivity contribution in [3.63, 3.8) is 0 Å². The van der Waals surface area contributed by atoms with E-state index in [1.165, 1.54) is 24.7 Å². The molecule has 3 rings (SSSR count). The number of carboxylic acid groups (broad SMARTS) is 1. The van der Waals surface area contributed by atoms with Gasteiger partial charge in [-0.05, 0) is 10.7 Å². The number of hydrogen-bond acceptors (Lipinski definition) is 5. The lowest BCUT2D eigenvalue weighted by molar-refractivity contribution is -0.771. The van der Waals surface area contributed by atoms with Crippen LogP contribution in [-0.4, -0.2) is 20.8 Å². The molecular weight excluding hydrogens is 267 g/mol. The van der Waals surface area contributed by atoms with Gasteiger partial charge >= 0.3 is 6.09 Å². The third-order valence-electron chi connectivity index (χ3n) is 2.72. The molecule has 1 aromatic rings. The Morgan fingerprint density at radius 1 is 1.35 bits per heavy atom. The molecule has 2 aliphatic rings. The fraction of sp³-hybridized carbons (Fsp3) is 0. The predicted octanol–water partition coefficient (Wildman–Crippen LogP) is 2.73. The molecule has 100 valence electrons. The maximum atomic E-state index is 13.0. The van der Waals surface area contributed by atoms with Crippen LogP contribution in [0, 0.1) is 5.82 Å². The molecule has 3 heterocycles. The molecule has 7 nitrogen and oxygen atoms in total. The topological polar surface area (TPSA) is 84.1 Å². The summed E-state index contributed by atoms with van der Waals surface area (Å²) < 4.78 is 17.6. The van der Waals surface area contributed by atoms with Crippen LogP contribution in [0.4, 0.5) is 9.18 Å². The lowest BCUT2D eigenvalue weighted by atomic mass is 10.2. The zero-order valence-corrected chi connectivity index (χ0v) is 9.97. The van der Waals surface area contributed by atoms with E-state index in [1.54, 1.807) is 6.08 Å². The van der Waals surface area contributed by atoms with Gasteiger partial charge in [0, 0.05) is 12.1 Å². The van der Waals surface area contributed by atoms with Gasteiger partial charge in [0.1, 0.15) is 17.8 Å².